The molecule has 0 bridgehead atoms. The lowest BCUT2D eigenvalue weighted by molar-refractivity contribution is 0.0624. The first-order valence-corrected chi connectivity index (χ1v) is 8.31. The third-order valence-corrected chi connectivity index (χ3v) is 6.02. The van der Waals surface area contributed by atoms with E-state index >= 15 is 0 Å². The first kappa shape index (κ1) is 16.8. The van der Waals surface area contributed by atoms with Crippen LogP contribution in [0, 0.1) is 29.1 Å². The van der Waals surface area contributed by atoms with E-state index in [4.69, 9.17) is 5.73 Å². The molecule has 0 aromatic carbocycles. The maximum atomic E-state index is 6.46. The van der Waals surface area contributed by atoms with Gasteiger partial charge < -0.3 is 5.73 Å². The third kappa shape index (κ3) is 3.24. The lowest BCUT2D eigenvalue weighted by Gasteiger charge is -2.46. The summed E-state index contributed by atoms with van der Waals surface area (Å²) in [4.78, 5) is 0. The molecule has 1 fully saturated rings. The Morgan fingerprint density at radius 2 is 2.00 bits per heavy atom. The minimum atomic E-state index is 0.249. The van der Waals surface area contributed by atoms with Crippen LogP contribution >= 0.6 is 0 Å². The first-order chi connectivity index (χ1) is 8.92. The van der Waals surface area contributed by atoms with Gasteiger partial charge in [-0.15, -0.1) is 6.58 Å². The van der Waals surface area contributed by atoms with E-state index in [1.807, 2.05) is 0 Å². The first-order valence-electron chi connectivity index (χ1n) is 8.31. The summed E-state index contributed by atoms with van der Waals surface area (Å²) < 4.78 is 0. The zero-order valence-electron chi connectivity index (χ0n) is 13.8. The van der Waals surface area contributed by atoms with Crippen LogP contribution in [0.1, 0.15) is 66.7 Å². The quantitative estimate of drug-likeness (QED) is 0.548. The highest BCUT2D eigenvalue weighted by Gasteiger charge is 2.46. The Morgan fingerprint density at radius 1 is 1.37 bits per heavy atom. The van der Waals surface area contributed by atoms with Gasteiger partial charge in [0.2, 0.25) is 0 Å². The van der Waals surface area contributed by atoms with Gasteiger partial charge in [-0.25, -0.2) is 0 Å². The van der Waals surface area contributed by atoms with Crippen molar-refractivity contribution in [2.45, 2.75) is 72.8 Å². The van der Waals surface area contributed by atoms with Crippen LogP contribution < -0.4 is 5.73 Å². The maximum absolute atomic E-state index is 6.46. The van der Waals surface area contributed by atoms with Gasteiger partial charge in [0.05, 0.1) is 0 Å². The number of rotatable bonds is 5. The highest BCUT2D eigenvalue weighted by Crippen LogP contribution is 2.52. The largest absolute Gasteiger partial charge is 0.327 e. The van der Waals surface area contributed by atoms with Gasteiger partial charge >= 0.3 is 0 Å². The molecule has 1 nitrogen and oxygen atoms in total. The number of allylic oxidation sites excluding steroid dienone is 1. The predicted molar refractivity (Wildman–Crippen MR) is 86.0 cm³/mol. The van der Waals surface area contributed by atoms with Crippen LogP contribution in [0.3, 0.4) is 0 Å². The van der Waals surface area contributed by atoms with E-state index in [0.29, 0.717) is 17.9 Å². The molecule has 6 unspecified atom stereocenters. The number of hydrogen-bond acceptors (Lipinski definition) is 1. The van der Waals surface area contributed by atoms with Crippen molar-refractivity contribution in [2.75, 3.05) is 0 Å². The normalized spacial score (nSPS) is 41.6. The summed E-state index contributed by atoms with van der Waals surface area (Å²) in [5, 5.41) is 0. The van der Waals surface area contributed by atoms with Gasteiger partial charge in [-0.1, -0.05) is 53.5 Å². The molecule has 0 aliphatic heterocycles. The van der Waals surface area contributed by atoms with Crippen molar-refractivity contribution >= 4 is 0 Å². The van der Waals surface area contributed by atoms with Gasteiger partial charge in [-0.05, 0) is 48.3 Å². The highest BCUT2D eigenvalue weighted by atomic mass is 14.7. The maximum Gasteiger partial charge on any atom is 0.00676 e. The lowest BCUT2D eigenvalue weighted by Crippen LogP contribution is -2.43. The highest BCUT2D eigenvalue weighted by molar-refractivity contribution is 5.06. The second-order valence-corrected chi connectivity index (χ2v) is 7.07. The van der Waals surface area contributed by atoms with Crippen LogP contribution in [0.4, 0.5) is 0 Å². The van der Waals surface area contributed by atoms with Crippen LogP contribution in [-0.4, -0.2) is 6.04 Å². The fourth-order valence-corrected chi connectivity index (χ4v) is 4.56. The molecule has 19 heavy (non-hydrogen) atoms. The standard InChI is InChI=1S/C18H35N/c1-7-10-15-11-12-16(19)14(5)17(13(4)8-2)18(15,6)9-3/h9,13-17H,3,7-8,10-12,19H2,1-2,4-6H3. The van der Waals surface area contributed by atoms with Gasteiger partial charge in [-0.3, -0.25) is 0 Å². The number of hydrogen-bond donors (Lipinski definition) is 1. The fraction of sp³-hybridized carbons (Fsp3) is 0.889. The summed E-state index contributed by atoms with van der Waals surface area (Å²) in [5.74, 6) is 2.75. The Kier molecular flexibility index (Phi) is 6.11. The van der Waals surface area contributed by atoms with E-state index in [1.165, 1.54) is 32.1 Å². The van der Waals surface area contributed by atoms with Gasteiger partial charge in [0, 0.05) is 6.04 Å². The average Bonchev–Trinajstić information content (AvgIpc) is 2.49. The second-order valence-electron chi connectivity index (χ2n) is 7.07. The third-order valence-electron chi connectivity index (χ3n) is 6.02. The summed E-state index contributed by atoms with van der Waals surface area (Å²) in [7, 11) is 0. The zero-order chi connectivity index (χ0) is 14.6. The molecule has 0 aromatic heterocycles. The van der Waals surface area contributed by atoms with Crippen molar-refractivity contribution in [1.82, 2.24) is 0 Å². The van der Waals surface area contributed by atoms with Crippen LogP contribution in [0.25, 0.3) is 0 Å². The van der Waals surface area contributed by atoms with Crippen LogP contribution in [0.5, 0.6) is 0 Å². The van der Waals surface area contributed by atoms with Crippen molar-refractivity contribution in [3.05, 3.63) is 12.7 Å². The molecule has 2 N–H and O–H groups in total. The molecule has 0 spiro atoms. The molecule has 0 saturated heterocycles. The summed E-state index contributed by atoms with van der Waals surface area (Å²) in [5.41, 5.74) is 6.71. The summed E-state index contributed by atoms with van der Waals surface area (Å²) >= 11 is 0. The molecule has 6 atom stereocenters. The minimum absolute atomic E-state index is 0.249. The van der Waals surface area contributed by atoms with Crippen molar-refractivity contribution in [3.63, 3.8) is 0 Å². The second kappa shape index (κ2) is 6.92. The molecule has 0 radical (unpaired) electrons. The van der Waals surface area contributed by atoms with E-state index < -0.39 is 0 Å². The molecular formula is C18H35N. The van der Waals surface area contributed by atoms with Crippen LogP contribution in [0.15, 0.2) is 12.7 Å². The summed E-state index contributed by atoms with van der Waals surface area (Å²) in [6.45, 7) is 16.1. The Labute approximate surface area is 121 Å². The Bertz CT molecular complexity index is 285. The minimum Gasteiger partial charge on any atom is -0.327 e. The SMILES string of the molecule is C=CC1(C)C(CCC)CCC(N)C(C)C1C(C)CC. The molecule has 1 aliphatic rings. The monoisotopic (exact) mass is 265 g/mol. The van der Waals surface area contributed by atoms with Crippen molar-refractivity contribution in [1.29, 1.82) is 0 Å². The molecule has 0 heterocycles. The van der Waals surface area contributed by atoms with E-state index in [0.717, 1.165) is 11.8 Å². The zero-order valence-corrected chi connectivity index (χ0v) is 13.8. The van der Waals surface area contributed by atoms with E-state index in [1.54, 1.807) is 0 Å². The summed E-state index contributed by atoms with van der Waals surface area (Å²) in [6, 6.07) is 0.361. The molecule has 1 rings (SSSR count). The molecular weight excluding hydrogens is 230 g/mol. The summed E-state index contributed by atoms with van der Waals surface area (Å²) in [6.07, 6.45) is 8.54. The topological polar surface area (TPSA) is 26.0 Å². The average molecular weight is 265 g/mol. The predicted octanol–water partition coefficient (Wildman–Crippen LogP) is 5.01. The smallest absolute Gasteiger partial charge is 0.00676 e. The molecule has 112 valence electrons. The van der Waals surface area contributed by atoms with Crippen LogP contribution in [-0.2, 0) is 0 Å². The molecule has 0 amide bonds. The molecule has 1 saturated carbocycles. The van der Waals surface area contributed by atoms with Gasteiger partial charge in [0.15, 0.2) is 0 Å². The van der Waals surface area contributed by atoms with E-state index in [9.17, 15) is 0 Å². The van der Waals surface area contributed by atoms with Gasteiger partial charge in [-0.2, -0.15) is 0 Å². The lowest BCUT2D eigenvalue weighted by atomic mass is 9.59. The Balaban J connectivity index is 3.17. The molecule has 0 aromatic rings. The molecule has 1 aliphatic carbocycles. The van der Waals surface area contributed by atoms with Crippen LogP contribution in [0.2, 0.25) is 0 Å². The van der Waals surface area contributed by atoms with Crippen molar-refractivity contribution in [3.8, 4) is 0 Å². The van der Waals surface area contributed by atoms with E-state index in [-0.39, 0.29) is 5.41 Å². The van der Waals surface area contributed by atoms with Crippen molar-refractivity contribution in [2.24, 2.45) is 34.8 Å². The van der Waals surface area contributed by atoms with Gasteiger partial charge in [0.25, 0.3) is 0 Å². The van der Waals surface area contributed by atoms with Crippen molar-refractivity contribution < 1.29 is 0 Å². The Hall–Kier alpha value is -0.300. The number of nitrogens with two attached hydrogens (primary N) is 1. The molecule has 1 heteroatoms. The fourth-order valence-electron chi connectivity index (χ4n) is 4.56. The Morgan fingerprint density at radius 3 is 2.47 bits per heavy atom. The van der Waals surface area contributed by atoms with E-state index in [2.05, 4.69) is 47.3 Å². The van der Waals surface area contributed by atoms with Gasteiger partial charge in [0.1, 0.15) is 0 Å².